The number of ether oxygens (including phenoxy) is 1. The zero-order valence-electron chi connectivity index (χ0n) is 11.3. The fourth-order valence-corrected chi connectivity index (χ4v) is 2.04. The zero-order chi connectivity index (χ0) is 13.3. The second-order valence-corrected chi connectivity index (χ2v) is 4.45. The minimum Gasteiger partial charge on any atom is -0.369 e. The summed E-state index contributed by atoms with van der Waals surface area (Å²) >= 11 is 0. The van der Waals surface area contributed by atoms with E-state index in [4.69, 9.17) is 4.74 Å². The Hall–Kier alpha value is -1.86. The van der Waals surface area contributed by atoms with Gasteiger partial charge < -0.3 is 4.74 Å². The maximum Gasteiger partial charge on any atom is 0.0826 e. The van der Waals surface area contributed by atoms with Crippen LogP contribution in [0.3, 0.4) is 0 Å². The van der Waals surface area contributed by atoms with E-state index in [-0.39, 0.29) is 6.10 Å². The standard InChI is InChI=1S/C18H20O/c1-2-18(17-13-7-4-8-14-17)19-15-9-12-16-10-5-3-6-11-16/h3-14,18H,2,15H2,1H3/b12-9-/t18-/m0/s1. The molecule has 0 bridgehead atoms. The molecule has 2 rings (SSSR count). The number of hydrogen-bond donors (Lipinski definition) is 0. The second-order valence-electron chi connectivity index (χ2n) is 4.45. The van der Waals surface area contributed by atoms with Crippen molar-refractivity contribution in [2.75, 3.05) is 6.61 Å². The van der Waals surface area contributed by atoms with Crippen LogP contribution in [0.5, 0.6) is 0 Å². The fourth-order valence-electron chi connectivity index (χ4n) is 2.04. The maximum absolute atomic E-state index is 5.91. The molecule has 1 heteroatoms. The predicted molar refractivity (Wildman–Crippen MR) is 80.9 cm³/mol. The molecule has 19 heavy (non-hydrogen) atoms. The van der Waals surface area contributed by atoms with Gasteiger partial charge in [0.1, 0.15) is 0 Å². The molecule has 2 aromatic rings. The first-order valence-corrected chi connectivity index (χ1v) is 6.78. The summed E-state index contributed by atoms with van der Waals surface area (Å²) in [5.74, 6) is 0. The summed E-state index contributed by atoms with van der Waals surface area (Å²) in [6.07, 6.45) is 5.34. The summed E-state index contributed by atoms with van der Waals surface area (Å²) in [6.45, 7) is 2.79. The van der Waals surface area contributed by atoms with Crippen LogP contribution in [0.4, 0.5) is 0 Å². The highest BCUT2D eigenvalue weighted by Gasteiger charge is 2.07. The zero-order valence-corrected chi connectivity index (χ0v) is 11.3. The van der Waals surface area contributed by atoms with Gasteiger partial charge in [-0.15, -0.1) is 0 Å². The van der Waals surface area contributed by atoms with Gasteiger partial charge in [-0.2, -0.15) is 0 Å². The average molecular weight is 252 g/mol. The van der Waals surface area contributed by atoms with Crippen molar-refractivity contribution in [3.05, 3.63) is 77.9 Å². The number of benzene rings is 2. The first kappa shape index (κ1) is 13.6. The summed E-state index contributed by atoms with van der Waals surface area (Å²) in [4.78, 5) is 0. The van der Waals surface area contributed by atoms with Crippen molar-refractivity contribution in [3.8, 4) is 0 Å². The molecule has 0 radical (unpaired) electrons. The minimum atomic E-state index is 0.182. The lowest BCUT2D eigenvalue weighted by molar-refractivity contribution is 0.0716. The van der Waals surface area contributed by atoms with Crippen molar-refractivity contribution < 1.29 is 4.74 Å². The van der Waals surface area contributed by atoms with Crippen LogP contribution in [0.2, 0.25) is 0 Å². The lowest BCUT2D eigenvalue weighted by Gasteiger charge is -2.15. The van der Waals surface area contributed by atoms with Crippen LogP contribution in [-0.2, 0) is 4.74 Å². The summed E-state index contributed by atoms with van der Waals surface area (Å²) in [7, 11) is 0. The highest BCUT2D eigenvalue weighted by atomic mass is 16.5. The Balaban J connectivity index is 1.86. The fraction of sp³-hybridized carbons (Fsp3) is 0.222. The molecule has 0 aliphatic heterocycles. The molecule has 1 nitrogen and oxygen atoms in total. The highest BCUT2D eigenvalue weighted by molar-refractivity contribution is 5.48. The van der Waals surface area contributed by atoms with Crippen LogP contribution in [0.25, 0.3) is 6.08 Å². The van der Waals surface area contributed by atoms with E-state index in [1.807, 2.05) is 24.3 Å². The van der Waals surface area contributed by atoms with E-state index in [0.29, 0.717) is 6.61 Å². The third kappa shape index (κ3) is 4.38. The molecule has 0 amide bonds. The van der Waals surface area contributed by atoms with Crippen molar-refractivity contribution in [2.24, 2.45) is 0 Å². The highest BCUT2D eigenvalue weighted by Crippen LogP contribution is 2.20. The van der Waals surface area contributed by atoms with Gasteiger partial charge in [-0.3, -0.25) is 0 Å². The molecule has 0 saturated heterocycles. The smallest absolute Gasteiger partial charge is 0.0826 e. The predicted octanol–water partition coefficient (Wildman–Crippen LogP) is 4.87. The Bertz CT molecular complexity index is 488. The minimum absolute atomic E-state index is 0.182. The van der Waals surface area contributed by atoms with Gasteiger partial charge in [0.15, 0.2) is 0 Å². The van der Waals surface area contributed by atoms with Crippen LogP contribution in [0, 0.1) is 0 Å². The molecule has 0 aliphatic rings. The lowest BCUT2D eigenvalue weighted by Crippen LogP contribution is -2.02. The van der Waals surface area contributed by atoms with Gasteiger partial charge in [0.25, 0.3) is 0 Å². The largest absolute Gasteiger partial charge is 0.369 e. The van der Waals surface area contributed by atoms with Crippen molar-refractivity contribution in [1.82, 2.24) is 0 Å². The number of hydrogen-bond acceptors (Lipinski definition) is 1. The van der Waals surface area contributed by atoms with E-state index in [9.17, 15) is 0 Å². The summed E-state index contributed by atoms with van der Waals surface area (Å²) in [5, 5.41) is 0. The van der Waals surface area contributed by atoms with Crippen molar-refractivity contribution in [1.29, 1.82) is 0 Å². The van der Waals surface area contributed by atoms with E-state index in [1.54, 1.807) is 0 Å². The monoisotopic (exact) mass is 252 g/mol. The van der Waals surface area contributed by atoms with Gasteiger partial charge in [-0.25, -0.2) is 0 Å². The van der Waals surface area contributed by atoms with E-state index < -0.39 is 0 Å². The summed E-state index contributed by atoms with van der Waals surface area (Å²) in [5.41, 5.74) is 2.46. The maximum atomic E-state index is 5.91. The Labute approximate surface area is 115 Å². The summed E-state index contributed by atoms with van der Waals surface area (Å²) in [6, 6.07) is 20.7. The second kappa shape index (κ2) is 7.55. The molecule has 0 N–H and O–H groups in total. The molecule has 1 atom stereocenters. The SMILES string of the molecule is CC[C@H](OC/C=C\c1ccccc1)c1ccccc1. The van der Waals surface area contributed by atoms with Gasteiger partial charge >= 0.3 is 0 Å². The molecular formula is C18H20O. The third-order valence-electron chi connectivity index (χ3n) is 3.05. The molecule has 0 saturated carbocycles. The van der Waals surface area contributed by atoms with Gasteiger partial charge in [-0.05, 0) is 17.5 Å². The number of rotatable bonds is 6. The van der Waals surface area contributed by atoms with Crippen LogP contribution in [0.15, 0.2) is 66.7 Å². The normalized spacial score (nSPS) is 12.7. The van der Waals surface area contributed by atoms with Crippen LogP contribution < -0.4 is 0 Å². The van der Waals surface area contributed by atoms with Crippen molar-refractivity contribution in [2.45, 2.75) is 19.4 Å². The molecule has 2 aromatic carbocycles. The van der Waals surface area contributed by atoms with Gasteiger partial charge in [-0.1, -0.05) is 79.7 Å². The molecule has 0 spiro atoms. The Kier molecular flexibility index (Phi) is 5.39. The van der Waals surface area contributed by atoms with Crippen molar-refractivity contribution in [3.63, 3.8) is 0 Å². The Morgan fingerprint density at radius 3 is 2.21 bits per heavy atom. The van der Waals surface area contributed by atoms with Crippen LogP contribution in [-0.4, -0.2) is 6.61 Å². The summed E-state index contributed by atoms with van der Waals surface area (Å²) < 4.78 is 5.91. The average Bonchev–Trinajstić information content (AvgIpc) is 2.49. The Morgan fingerprint density at radius 2 is 1.58 bits per heavy atom. The molecule has 0 heterocycles. The molecule has 0 unspecified atom stereocenters. The van der Waals surface area contributed by atoms with E-state index in [2.05, 4.69) is 55.5 Å². The quantitative estimate of drug-likeness (QED) is 0.712. The molecular weight excluding hydrogens is 232 g/mol. The molecule has 0 aromatic heterocycles. The lowest BCUT2D eigenvalue weighted by atomic mass is 10.1. The van der Waals surface area contributed by atoms with Crippen LogP contribution in [0.1, 0.15) is 30.6 Å². The Morgan fingerprint density at radius 1 is 0.947 bits per heavy atom. The third-order valence-corrected chi connectivity index (χ3v) is 3.05. The van der Waals surface area contributed by atoms with Crippen LogP contribution >= 0.6 is 0 Å². The van der Waals surface area contributed by atoms with Gasteiger partial charge in [0.2, 0.25) is 0 Å². The van der Waals surface area contributed by atoms with E-state index in [1.165, 1.54) is 11.1 Å². The van der Waals surface area contributed by atoms with E-state index in [0.717, 1.165) is 6.42 Å². The topological polar surface area (TPSA) is 9.23 Å². The molecule has 0 fully saturated rings. The van der Waals surface area contributed by atoms with E-state index >= 15 is 0 Å². The first-order valence-electron chi connectivity index (χ1n) is 6.78. The molecule has 98 valence electrons. The molecule has 0 aliphatic carbocycles. The van der Waals surface area contributed by atoms with Gasteiger partial charge in [0, 0.05) is 0 Å². The first-order chi connectivity index (χ1) is 9.40. The van der Waals surface area contributed by atoms with Gasteiger partial charge in [0.05, 0.1) is 12.7 Å². The van der Waals surface area contributed by atoms with Crippen molar-refractivity contribution >= 4 is 6.08 Å².